The fourth-order valence-electron chi connectivity index (χ4n) is 3.96. The molecule has 0 saturated carbocycles. The number of carbonyl (C=O) groups excluding carboxylic acids is 1. The molecule has 1 aliphatic rings. The molecule has 6 heteroatoms. The summed E-state index contributed by atoms with van der Waals surface area (Å²) in [6.45, 7) is 4.76. The molecular formula is C24H23N5O. The van der Waals surface area contributed by atoms with Crippen LogP contribution in [0.2, 0.25) is 0 Å². The highest BCUT2D eigenvalue weighted by atomic mass is 16.2. The maximum Gasteiger partial charge on any atom is 0.253 e. The van der Waals surface area contributed by atoms with Crippen molar-refractivity contribution in [2.75, 3.05) is 31.1 Å². The quantitative estimate of drug-likeness (QED) is 0.529. The highest BCUT2D eigenvalue weighted by Gasteiger charge is 2.23. The lowest BCUT2D eigenvalue weighted by Gasteiger charge is -2.35. The van der Waals surface area contributed by atoms with Crippen LogP contribution in [0, 0.1) is 6.92 Å². The molecule has 0 spiro atoms. The predicted molar refractivity (Wildman–Crippen MR) is 118 cm³/mol. The fourth-order valence-corrected chi connectivity index (χ4v) is 3.96. The van der Waals surface area contributed by atoms with Gasteiger partial charge in [0.05, 0.1) is 0 Å². The molecular weight excluding hydrogens is 374 g/mol. The van der Waals surface area contributed by atoms with E-state index in [1.807, 2.05) is 83.4 Å². The Morgan fingerprint density at radius 1 is 0.800 bits per heavy atom. The van der Waals surface area contributed by atoms with Gasteiger partial charge in [0, 0.05) is 50.2 Å². The summed E-state index contributed by atoms with van der Waals surface area (Å²) < 4.78 is 1.98. The molecule has 2 aromatic carbocycles. The van der Waals surface area contributed by atoms with E-state index < -0.39 is 0 Å². The predicted octanol–water partition coefficient (Wildman–Crippen LogP) is 3.69. The Morgan fingerprint density at radius 3 is 2.27 bits per heavy atom. The molecule has 1 saturated heterocycles. The van der Waals surface area contributed by atoms with Crippen LogP contribution in [0.1, 0.15) is 16.2 Å². The third kappa shape index (κ3) is 3.52. The molecule has 0 bridgehead atoms. The van der Waals surface area contributed by atoms with E-state index in [1.165, 1.54) is 0 Å². The minimum Gasteiger partial charge on any atom is -0.353 e. The number of rotatable bonds is 3. The van der Waals surface area contributed by atoms with Crippen LogP contribution in [0.4, 0.5) is 5.82 Å². The summed E-state index contributed by atoms with van der Waals surface area (Å²) in [7, 11) is 0. The van der Waals surface area contributed by atoms with Crippen LogP contribution in [0.25, 0.3) is 16.6 Å². The molecule has 0 radical (unpaired) electrons. The van der Waals surface area contributed by atoms with Crippen molar-refractivity contribution in [2.45, 2.75) is 6.92 Å². The molecule has 0 aliphatic carbocycles. The molecule has 0 unspecified atom stereocenters. The largest absolute Gasteiger partial charge is 0.353 e. The minimum atomic E-state index is 0.0901. The highest BCUT2D eigenvalue weighted by Crippen LogP contribution is 2.20. The second-order valence-electron chi connectivity index (χ2n) is 7.56. The van der Waals surface area contributed by atoms with E-state index in [0.717, 1.165) is 46.9 Å². The van der Waals surface area contributed by atoms with Gasteiger partial charge in [-0.15, -0.1) is 0 Å². The van der Waals surface area contributed by atoms with Crippen molar-refractivity contribution in [3.05, 3.63) is 84.4 Å². The van der Waals surface area contributed by atoms with Gasteiger partial charge in [0.25, 0.3) is 5.91 Å². The average molecular weight is 397 g/mol. The minimum absolute atomic E-state index is 0.0901. The number of carbonyl (C=O) groups is 1. The first-order valence-corrected chi connectivity index (χ1v) is 10.2. The lowest BCUT2D eigenvalue weighted by Crippen LogP contribution is -2.49. The monoisotopic (exact) mass is 397 g/mol. The Bertz CT molecular complexity index is 1190. The Morgan fingerprint density at radius 2 is 1.50 bits per heavy atom. The number of piperazine rings is 1. The van der Waals surface area contributed by atoms with E-state index >= 15 is 0 Å². The normalized spacial score (nSPS) is 14.3. The van der Waals surface area contributed by atoms with Crippen LogP contribution in [-0.4, -0.2) is 51.5 Å². The van der Waals surface area contributed by atoms with Crippen molar-refractivity contribution in [2.24, 2.45) is 0 Å². The Hall–Kier alpha value is -3.67. The Kier molecular flexibility index (Phi) is 4.67. The number of fused-ring (bicyclic) bond motifs is 1. The molecule has 0 atom stereocenters. The summed E-state index contributed by atoms with van der Waals surface area (Å²) in [5.74, 6) is 2.60. The van der Waals surface area contributed by atoms with Crippen molar-refractivity contribution in [3.63, 3.8) is 0 Å². The number of anilines is 1. The van der Waals surface area contributed by atoms with Gasteiger partial charge in [-0.2, -0.15) is 0 Å². The van der Waals surface area contributed by atoms with Gasteiger partial charge in [-0.1, -0.05) is 30.3 Å². The maximum absolute atomic E-state index is 13.0. The molecule has 2 aromatic heterocycles. The van der Waals surface area contributed by atoms with Gasteiger partial charge < -0.3 is 14.4 Å². The Labute approximate surface area is 175 Å². The van der Waals surface area contributed by atoms with Gasteiger partial charge in [0.1, 0.15) is 17.5 Å². The topological polar surface area (TPSA) is 54.3 Å². The smallest absolute Gasteiger partial charge is 0.253 e. The third-order valence-electron chi connectivity index (χ3n) is 5.57. The summed E-state index contributed by atoms with van der Waals surface area (Å²) in [5, 5.41) is 2.24. The first-order valence-electron chi connectivity index (χ1n) is 10.2. The number of nitrogens with zero attached hydrogens (tertiary/aromatic N) is 5. The molecule has 5 rings (SSSR count). The van der Waals surface area contributed by atoms with Gasteiger partial charge in [-0.25, -0.2) is 9.97 Å². The Balaban J connectivity index is 1.31. The number of aromatic nitrogens is 3. The van der Waals surface area contributed by atoms with Crippen LogP contribution in [-0.2, 0) is 0 Å². The van der Waals surface area contributed by atoms with Crippen molar-refractivity contribution < 1.29 is 4.79 Å². The first-order chi connectivity index (χ1) is 14.7. The number of aryl methyl sites for hydroxylation is 1. The highest BCUT2D eigenvalue weighted by molar-refractivity contribution is 5.98. The molecule has 150 valence electrons. The summed E-state index contributed by atoms with van der Waals surface area (Å²) in [6, 6.07) is 20.0. The molecule has 1 amide bonds. The molecule has 0 N–H and O–H groups in total. The lowest BCUT2D eigenvalue weighted by atomic mass is 10.1. The van der Waals surface area contributed by atoms with Gasteiger partial charge in [0.2, 0.25) is 0 Å². The van der Waals surface area contributed by atoms with E-state index in [4.69, 9.17) is 0 Å². The molecule has 30 heavy (non-hydrogen) atoms. The maximum atomic E-state index is 13.0. The van der Waals surface area contributed by atoms with E-state index in [2.05, 4.69) is 20.9 Å². The standard InChI is InChI=1S/C24H23N5O/c1-18-25-22(27-10-4-5-11-27)17-23(26-18)28-12-14-29(15-13-28)24(30)21-9-8-19-6-2-3-7-20(19)16-21/h2-11,16-17H,12-15H2,1H3. The third-order valence-corrected chi connectivity index (χ3v) is 5.57. The van der Waals surface area contributed by atoms with Crippen LogP contribution >= 0.6 is 0 Å². The average Bonchev–Trinajstić information content (AvgIpc) is 3.33. The number of amides is 1. The summed E-state index contributed by atoms with van der Waals surface area (Å²) in [6.07, 6.45) is 3.96. The SMILES string of the molecule is Cc1nc(N2CCN(C(=O)c3ccc4ccccc4c3)CC2)cc(-n2cccc2)n1. The van der Waals surface area contributed by atoms with E-state index in [0.29, 0.717) is 13.1 Å². The van der Waals surface area contributed by atoms with Crippen LogP contribution < -0.4 is 4.90 Å². The molecule has 1 fully saturated rings. The zero-order chi connectivity index (χ0) is 20.5. The molecule has 6 nitrogen and oxygen atoms in total. The summed E-state index contributed by atoms with van der Waals surface area (Å²) in [5.41, 5.74) is 0.745. The summed E-state index contributed by atoms with van der Waals surface area (Å²) >= 11 is 0. The van der Waals surface area contributed by atoms with Crippen molar-refractivity contribution >= 4 is 22.5 Å². The van der Waals surface area contributed by atoms with E-state index in [9.17, 15) is 4.79 Å². The molecule has 3 heterocycles. The van der Waals surface area contributed by atoms with Gasteiger partial charge in [-0.05, 0) is 42.0 Å². The number of hydrogen-bond donors (Lipinski definition) is 0. The van der Waals surface area contributed by atoms with Gasteiger partial charge >= 0.3 is 0 Å². The molecule has 4 aromatic rings. The number of benzene rings is 2. The van der Waals surface area contributed by atoms with Crippen LogP contribution in [0.15, 0.2) is 73.1 Å². The second kappa shape index (κ2) is 7.63. The van der Waals surface area contributed by atoms with E-state index in [-0.39, 0.29) is 5.91 Å². The molecule has 1 aliphatic heterocycles. The first kappa shape index (κ1) is 18.4. The zero-order valence-electron chi connectivity index (χ0n) is 16.9. The summed E-state index contributed by atoms with van der Waals surface area (Å²) in [4.78, 5) is 26.4. The van der Waals surface area contributed by atoms with Gasteiger partial charge in [0.15, 0.2) is 0 Å². The van der Waals surface area contributed by atoms with Crippen molar-refractivity contribution in [1.82, 2.24) is 19.4 Å². The van der Waals surface area contributed by atoms with Crippen LogP contribution in [0.5, 0.6) is 0 Å². The fraction of sp³-hybridized carbons (Fsp3) is 0.208. The zero-order valence-corrected chi connectivity index (χ0v) is 16.9. The van der Waals surface area contributed by atoms with E-state index in [1.54, 1.807) is 0 Å². The van der Waals surface area contributed by atoms with Crippen molar-refractivity contribution in [3.8, 4) is 5.82 Å². The van der Waals surface area contributed by atoms with Crippen molar-refractivity contribution in [1.29, 1.82) is 0 Å². The van der Waals surface area contributed by atoms with Crippen LogP contribution in [0.3, 0.4) is 0 Å². The number of hydrogen-bond acceptors (Lipinski definition) is 4. The second-order valence-corrected chi connectivity index (χ2v) is 7.56. The van der Waals surface area contributed by atoms with Gasteiger partial charge in [-0.3, -0.25) is 4.79 Å². The lowest BCUT2D eigenvalue weighted by molar-refractivity contribution is 0.0746.